The normalized spacial score (nSPS) is 18.9. The van der Waals surface area contributed by atoms with Crippen LogP contribution in [-0.4, -0.2) is 10.7 Å². The van der Waals surface area contributed by atoms with Gasteiger partial charge in [-0.1, -0.05) is 17.8 Å². The number of nitrogens with two attached hydrogens (primary N) is 1. The van der Waals surface area contributed by atoms with Gasteiger partial charge >= 0.3 is 0 Å². The lowest BCUT2D eigenvalue weighted by Gasteiger charge is -2.01. The molecule has 1 atom stereocenters. The fourth-order valence-corrected chi connectivity index (χ4v) is 2.46. The van der Waals surface area contributed by atoms with Crippen LogP contribution in [0.4, 0.5) is 5.69 Å². The minimum Gasteiger partial charge on any atom is -0.360 e. The van der Waals surface area contributed by atoms with Gasteiger partial charge in [0.05, 0.1) is 0 Å². The van der Waals surface area contributed by atoms with Crippen molar-refractivity contribution in [1.29, 1.82) is 0 Å². The van der Waals surface area contributed by atoms with Crippen molar-refractivity contribution in [2.24, 2.45) is 5.73 Å². The summed E-state index contributed by atoms with van der Waals surface area (Å²) in [6, 6.07) is 5.75. The number of halogens is 1. The zero-order chi connectivity index (χ0) is 10.1. The van der Waals surface area contributed by atoms with Gasteiger partial charge in [-0.2, -0.15) is 0 Å². The second-order valence-corrected chi connectivity index (χ2v) is 4.65. The second kappa shape index (κ2) is 3.81. The highest BCUT2D eigenvalue weighted by Gasteiger charge is 2.17. The Hall–Kier alpha value is -0.710. The minimum atomic E-state index is -0.342. The highest BCUT2D eigenvalue weighted by molar-refractivity contribution is 8.00. The number of hydrogen-bond acceptors (Lipinski definition) is 4. The van der Waals surface area contributed by atoms with Crippen LogP contribution in [0.15, 0.2) is 23.1 Å². The van der Waals surface area contributed by atoms with Crippen molar-refractivity contribution in [2.45, 2.75) is 16.8 Å². The Bertz CT molecular complexity index is 383. The Balaban J connectivity index is 2.24. The predicted octanol–water partition coefficient (Wildman–Crippen LogP) is 1.75. The molecule has 1 aromatic carbocycles. The van der Waals surface area contributed by atoms with Gasteiger partial charge in [-0.15, -0.1) is 0 Å². The number of fused-ring (bicyclic) bond motifs is 1. The van der Waals surface area contributed by atoms with Gasteiger partial charge in [0.25, 0.3) is 0 Å². The van der Waals surface area contributed by atoms with Gasteiger partial charge in [0.2, 0.25) is 5.24 Å². The fourth-order valence-electron chi connectivity index (χ4n) is 1.37. The summed E-state index contributed by atoms with van der Waals surface area (Å²) in [7, 11) is 0. The highest BCUT2D eigenvalue weighted by atomic mass is 35.5. The van der Waals surface area contributed by atoms with Gasteiger partial charge in [-0.25, -0.2) is 0 Å². The Morgan fingerprint density at radius 3 is 3.14 bits per heavy atom. The Morgan fingerprint density at radius 1 is 1.64 bits per heavy atom. The van der Waals surface area contributed by atoms with Crippen LogP contribution in [0.25, 0.3) is 0 Å². The number of hydrogen-bond donors (Lipinski definition) is 2. The van der Waals surface area contributed by atoms with Crippen LogP contribution in [0.5, 0.6) is 0 Å². The molecule has 3 nitrogen and oxygen atoms in total. The third-order valence-electron chi connectivity index (χ3n) is 1.94. The average Bonchev–Trinajstić information content (AvgIpc) is 2.42. The lowest BCUT2D eigenvalue weighted by atomic mass is 10.1. The van der Waals surface area contributed by atoms with E-state index in [1.165, 1.54) is 0 Å². The lowest BCUT2D eigenvalue weighted by Crippen LogP contribution is -2.20. The molecule has 5 heteroatoms. The Morgan fingerprint density at radius 2 is 2.43 bits per heavy atom. The molecule has 74 valence electrons. The molecule has 1 aliphatic heterocycles. The zero-order valence-electron chi connectivity index (χ0n) is 7.29. The van der Waals surface area contributed by atoms with Crippen molar-refractivity contribution in [2.75, 3.05) is 5.32 Å². The first-order chi connectivity index (χ1) is 6.65. The number of carbonyl (C=O) groups is 1. The molecule has 0 aliphatic carbocycles. The molecule has 3 N–H and O–H groups in total. The summed E-state index contributed by atoms with van der Waals surface area (Å²) in [6.07, 6.45) is 0.268. The molecule has 1 aromatic rings. The summed E-state index contributed by atoms with van der Waals surface area (Å²) in [5, 5.41) is 2.76. The smallest absolute Gasteiger partial charge is 0.226 e. The van der Waals surface area contributed by atoms with Crippen molar-refractivity contribution in [1.82, 2.24) is 0 Å². The summed E-state index contributed by atoms with van der Waals surface area (Å²) in [5.41, 5.74) is 7.55. The molecule has 0 spiro atoms. The SMILES string of the molecule is NC1Nc2ccc(CC(=O)Cl)cc2S1. The molecule has 1 heterocycles. The maximum absolute atomic E-state index is 10.7. The minimum absolute atomic E-state index is 0.0908. The summed E-state index contributed by atoms with van der Waals surface area (Å²) in [4.78, 5) is 11.8. The van der Waals surface area contributed by atoms with Crippen LogP contribution < -0.4 is 11.1 Å². The van der Waals surface area contributed by atoms with E-state index in [1.54, 1.807) is 11.8 Å². The third-order valence-corrected chi connectivity index (χ3v) is 3.04. The number of thioether (sulfide) groups is 1. The molecular formula is C9H9ClN2OS. The molecule has 14 heavy (non-hydrogen) atoms. The van der Waals surface area contributed by atoms with Crippen LogP contribution >= 0.6 is 23.4 Å². The Kier molecular flexibility index (Phi) is 2.67. The zero-order valence-corrected chi connectivity index (χ0v) is 8.86. The van der Waals surface area contributed by atoms with Gasteiger partial charge in [0, 0.05) is 17.0 Å². The Labute approximate surface area is 91.0 Å². The lowest BCUT2D eigenvalue weighted by molar-refractivity contribution is -0.111. The van der Waals surface area contributed by atoms with Crippen molar-refractivity contribution < 1.29 is 4.79 Å². The van der Waals surface area contributed by atoms with E-state index in [0.29, 0.717) is 0 Å². The predicted molar refractivity (Wildman–Crippen MR) is 58.5 cm³/mol. The maximum Gasteiger partial charge on any atom is 0.226 e. The summed E-state index contributed by atoms with van der Waals surface area (Å²) in [6.45, 7) is 0. The molecule has 0 aromatic heterocycles. The largest absolute Gasteiger partial charge is 0.360 e. The maximum atomic E-state index is 10.7. The van der Waals surface area contributed by atoms with E-state index in [-0.39, 0.29) is 17.2 Å². The van der Waals surface area contributed by atoms with Gasteiger partial charge in [-0.3, -0.25) is 4.79 Å². The van der Waals surface area contributed by atoms with Gasteiger partial charge < -0.3 is 11.1 Å². The van der Waals surface area contributed by atoms with Crippen molar-refractivity contribution in [3.8, 4) is 0 Å². The number of rotatable bonds is 2. The van der Waals surface area contributed by atoms with Crippen LogP contribution in [0.2, 0.25) is 0 Å². The molecule has 0 saturated carbocycles. The van der Waals surface area contributed by atoms with Crippen LogP contribution in [-0.2, 0) is 11.2 Å². The topological polar surface area (TPSA) is 55.1 Å². The summed E-state index contributed by atoms with van der Waals surface area (Å²) in [5.74, 6) is 0. The standard InChI is InChI=1S/C9H9ClN2OS/c10-8(13)4-5-1-2-6-7(3-5)14-9(11)12-6/h1-3,9,12H,4,11H2. The quantitative estimate of drug-likeness (QED) is 0.758. The molecule has 0 amide bonds. The molecule has 2 rings (SSSR count). The van der Waals surface area contributed by atoms with Crippen LogP contribution in [0, 0.1) is 0 Å². The van der Waals surface area contributed by atoms with E-state index >= 15 is 0 Å². The average molecular weight is 229 g/mol. The first-order valence-corrected chi connectivity index (χ1v) is 5.41. The summed E-state index contributed by atoms with van der Waals surface area (Å²) >= 11 is 6.85. The van der Waals surface area contributed by atoms with E-state index in [0.717, 1.165) is 16.1 Å². The number of benzene rings is 1. The number of anilines is 1. The van der Waals surface area contributed by atoms with Crippen molar-refractivity contribution >= 4 is 34.3 Å². The molecule has 0 saturated heterocycles. The van der Waals surface area contributed by atoms with E-state index in [2.05, 4.69) is 5.32 Å². The fraction of sp³-hybridized carbons (Fsp3) is 0.222. The number of carbonyl (C=O) groups excluding carboxylic acids is 1. The van der Waals surface area contributed by atoms with E-state index in [9.17, 15) is 4.79 Å². The van der Waals surface area contributed by atoms with Gasteiger partial charge in [-0.05, 0) is 29.3 Å². The van der Waals surface area contributed by atoms with E-state index in [4.69, 9.17) is 17.3 Å². The molecule has 0 fully saturated rings. The summed E-state index contributed by atoms with van der Waals surface area (Å²) < 4.78 is 0. The molecule has 1 unspecified atom stereocenters. The van der Waals surface area contributed by atoms with Gasteiger partial charge in [0.1, 0.15) is 5.50 Å². The molecule has 1 aliphatic rings. The molecule has 0 radical (unpaired) electrons. The van der Waals surface area contributed by atoms with E-state index < -0.39 is 0 Å². The molecule has 0 bridgehead atoms. The van der Waals surface area contributed by atoms with Crippen LogP contribution in [0.3, 0.4) is 0 Å². The van der Waals surface area contributed by atoms with E-state index in [1.807, 2.05) is 18.2 Å². The van der Waals surface area contributed by atoms with Crippen LogP contribution in [0.1, 0.15) is 5.56 Å². The van der Waals surface area contributed by atoms with Gasteiger partial charge in [0.15, 0.2) is 0 Å². The first kappa shape index (κ1) is 9.83. The second-order valence-electron chi connectivity index (χ2n) is 3.05. The van der Waals surface area contributed by atoms with Crippen molar-refractivity contribution in [3.05, 3.63) is 23.8 Å². The monoisotopic (exact) mass is 228 g/mol. The molecular weight excluding hydrogens is 220 g/mol. The number of nitrogens with one attached hydrogen (secondary N) is 1. The highest BCUT2D eigenvalue weighted by Crippen LogP contribution is 2.36. The third kappa shape index (κ3) is 2.03. The van der Waals surface area contributed by atoms with Crippen molar-refractivity contribution in [3.63, 3.8) is 0 Å². The first-order valence-electron chi connectivity index (χ1n) is 4.15.